The molecule has 158 valence electrons. The second kappa shape index (κ2) is 12.8. The highest BCUT2D eigenvalue weighted by Crippen LogP contribution is 2.21. The van der Waals surface area contributed by atoms with Gasteiger partial charge in [0.05, 0.1) is 32.5 Å². The topological polar surface area (TPSA) is 55.3 Å². The van der Waals surface area contributed by atoms with Crippen LogP contribution in [-0.4, -0.2) is 69.1 Å². The van der Waals surface area contributed by atoms with E-state index >= 15 is 0 Å². The van der Waals surface area contributed by atoms with Crippen molar-refractivity contribution in [2.75, 3.05) is 46.0 Å². The molecule has 2 heterocycles. The summed E-state index contributed by atoms with van der Waals surface area (Å²) in [4.78, 5) is 7.01. The summed E-state index contributed by atoms with van der Waals surface area (Å²) < 4.78 is 17.5. The smallest absolute Gasteiger partial charge is 0.194 e. The lowest BCUT2D eigenvalue weighted by molar-refractivity contribution is -0.0817. The first kappa shape index (κ1) is 23.7. The van der Waals surface area contributed by atoms with Crippen LogP contribution in [0, 0.1) is 0 Å². The van der Waals surface area contributed by atoms with Crippen molar-refractivity contribution in [3.63, 3.8) is 0 Å². The number of rotatable bonds is 7. The van der Waals surface area contributed by atoms with Gasteiger partial charge in [-0.2, -0.15) is 0 Å². The van der Waals surface area contributed by atoms with Gasteiger partial charge in [0.25, 0.3) is 0 Å². The van der Waals surface area contributed by atoms with Crippen LogP contribution in [0.2, 0.25) is 5.02 Å². The number of guanidine groups is 1. The molecule has 0 spiro atoms. The van der Waals surface area contributed by atoms with Crippen LogP contribution in [0.1, 0.15) is 25.3 Å². The summed E-state index contributed by atoms with van der Waals surface area (Å²) in [5, 5.41) is 4.12. The van der Waals surface area contributed by atoms with Crippen molar-refractivity contribution in [1.29, 1.82) is 0 Å². The monoisotopic (exact) mass is 523 g/mol. The van der Waals surface area contributed by atoms with Gasteiger partial charge in [-0.05, 0) is 37.5 Å². The molecule has 0 aliphatic carbocycles. The normalized spacial score (nSPS) is 22.8. The molecule has 2 unspecified atom stereocenters. The Morgan fingerprint density at radius 2 is 2.18 bits per heavy atom. The lowest BCUT2D eigenvalue weighted by Gasteiger charge is -2.37. The van der Waals surface area contributed by atoms with Crippen LogP contribution in [0.25, 0.3) is 0 Å². The van der Waals surface area contributed by atoms with E-state index in [1.807, 2.05) is 24.3 Å². The molecule has 1 N–H and O–H groups in total. The number of halogens is 2. The van der Waals surface area contributed by atoms with E-state index in [-0.39, 0.29) is 36.2 Å². The van der Waals surface area contributed by atoms with Gasteiger partial charge in [-0.15, -0.1) is 24.0 Å². The zero-order valence-corrected chi connectivity index (χ0v) is 19.5. The van der Waals surface area contributed by atoms with Crippen molar-refractivity contribution < 1.29 is 14.2 Å². The first-order valence-electron chi connectivity index (χ1n) is 9.85. The fraction of sp³-hybridized carbons (Fsp3) is 0.650. The van der Waals surface area contributed by atoms with Crippen molar-refractivity contribution in [3.05, 3.63) is 34.9 Å². The van der Waals surface area contributed by atoms with Crippen LogP contribution in [0.4, 0.5) is 0 Å². The van der Waals surface area contributed by atoms with Gasteiger partial charge >= 0.3 is 0 Å². The first-order chi connectivity index (χ1) is 13.3. The lowest BCUT2D eigenvalue weighted by atomic mass is 10.1. The van der Waals surface area contributed by atoms with Gasteiger partial charge in [0.15, 0.2) is 5.96 Å². The van der Waals surface area contributed by atoms with Gasteiger partial charge in [0.2, 0.25) is 0 Å². The third-order valence-corrected chi connectivity index (χ3v) is 5.00. The van der Waals surface area contributed by atoms with Gasteiger partial charge in [0.1, 0.15) is 6.10 Å². The molecule has 1 aromatic rings. The predicted molar refractivity (Wildman–Crippen MR) is 123 cm³/mol. The Hall–Kier alpha value is -0.610. The van der Waals surface area contributed by atoms with Crippen molar-refractivity contribution in [2.24, 2.45) is 4.99 Å². The number of morpholine rings is 1. The average Bonchev–Trinajstić information content (AvgIpc) is 3.22. The van der Waals surface area contributed by atoms with E-state index in [9.17, 15) is 0 Å². The van der Waals surface area contributed by atoms with E-state index in [4.69, 9.17) is 30.8 Å². The van der Waals surface area contributed by atoms with E-state index < -0.39 is 0 Å². The Kier molecular flexibility index (Phi) is 10.9. The molecule has 6 nitrogen and oxygen atoms in total. The zero-order valence-electron chi connectivity index (χ0n) is 16.4. The fourth-order valence-electron chi connectivity index (χ4n) is 3.45. The minimum absolute atomic E-state index is 0. The SMILES string of the molecule is CCNC(=NCCOCc1cccc(Cl)c1)N1CCOC(C2CCCO2)C1.I. The Labute approximate surface area is 190 Å². The maximum Gasteiger partial charge on any atom is 0.194 e. The molecule has 1 aromatic carbocycles. The van der Waals surface area contributed by atoms with Crippen molar-refractivity contribution in [3.8, 4) is 0 Å². The number of aliphatic imine (C=N–C) groups is 1. The number of nitrogens with one attached hydrogen (secondary N) is 1. The highest BCUT2D eigenvalue weighted by atomic mass is 127. The third-order valence-electron chi connectivity index (χ3n) is 4.76. The molecule has 0 saturated carbocycles. The van der Waals surface area contributed by atoms with Crippen molar-refractivity contribution in [1.82, 2.24) is 10.2 Å². The molecular formula is C20H31ClIN3O3. The minimum Gasteiger partial charge on any atom is -0.375 e. The molecule has 0 aromatic heterocycles. The summed E-state index contributed by atoms with van der Waals surface area (Å²) in [5.41, 5.74) is 1.07. The lowest BCUT2D eigenvalue weighted by Crippen LogP contribution is -2.53. The predicted octanol–water partition coefficient (Wildman–Crippen LogP) is 3.32. The van der Waals surface area contributed by atoms with E-state index in [2.05, 4.69) is 17.1 Å². The Morgan fingerprint density at radius 3 is 2.93 bits per heavy atom. The Bertz CT molecular complexity index is 614. The molecule has 2 saturated heterocycles. The van der Waals surface area contributed by atoms with Crippen LogP contribution >= 0.6 is 35.6 Å². The Balaban J connectivity index is 0.00000280. The molecule has 2 aliphatic heterocycles. The van der Waals surface area contributed by atoms with Gasteiger partial charge in [-0.1, -0.05) is 23.7 Å². The summed E-state index contributed by atoms with van der Waals surface area (Å²) in [6, 6.07) is 7.74. The summed E-state index contributed by atoms with van der Waals surface area (Å²) in [7, 11) is 0. The highest BCUT2D eigenvalue weighted by molar-refractivity contribution is 14.0. The maximum atomic E-state index is 6.00. The van der Waals surface area contributed by atoms with E-state index in [0.717, 1.165) is 55.6 Å². The fourth-order valence-corrected chi connectivity index (χ4v) is 3.66. The first-order valence-corrected chi connectivity index (χ1v) is 10.2. The standard InChI is InChI=1S/C20H30ClN3O3.HI/c1-2-22-20(23-8-11-25-15-16-5-3-6-17(21)13-16)24-9-12-27-19(14-24)18-7-4-10-26-18;/h3,5-6,13,18-19H,2,4,7-12,14-15H2,1H3,(H,22,23);1H. The van der Waals surface area contributed by atoms with Gasteiger partial charge in [-0.25, -0.2) is 0 Å². The minimum atomic E-state index is 0. The highest BCUT2D eigenvalue weighted by Gasteiger charge is 2.32. The van der Waals surface area contributed by atoms with Crippen LogP contribution in [0.5, 0.6) is 0 Å². The van der Waals surface area contributed by atoms with Gasteiger partial charge in [-0.3, -0.25) is 4.99 Å². The molecule has 3 rings (SSSR count). The summed E-state index contributed by atoms with van der Waals surface area (Å²) in [6.45, 7) is 7.88. The second-order valence-electron chi connectivity index (χ2n) is 6.82. The van der Waals surface area contributed by atoms with Crippen LogP contribution in [0.15, 0.2) is 29.3 Å². The van der Waals surface area contributed by atoms with E-state index in [0.29, 0.717) is 26.4 Å². The van der Waals surface area contributed by atoms with Crippen LogP contribution in [-0.2, 0) is 20.8 Å². The van der Waals surface area contributed by atoms with E-state index in [1.54, 1.807) is 0 Å². The number of hydrogen-bond acceptors (Lipinski definition) is 4. The van der Waals surface area contributed by atoms with Crippen LogP contribution < -0.4 is 5.32 Å². The molecule has 2 atom stereocenters. The van der Waals surface area contributed by atoms with Gasteiger partial charge < -0.3 is 24.4 Å². The number of ether oxygens (including phenoxy) is 3. The van der Waals surface area contributed by atoms with Gasteiger partial charge in [0, 0.05) is 31.3 Å². The third kappa shape index (κ3) is 7.33. The molecule has 2 fully saturated rings. The van der Waals surface area contributed by atoms with Crippen molar-refractivity contribution >= 4 is 41.5 Å². The Morgan fingerprint density at radius 1 is 1.32 bits per heavy atom. The second-order valence-corrected chi connectivity index (χ2v) is 7.26. The quantitative estimate of drug-likeness (QED) is 0.257. The van der Waals surface area contributed by atoms with Crippen molar-refractivity contribution in [2.45, 2.75) is 38.6 Å². The maximum absolute atomic E-state index is 6.00. The molecular weight excluding hydrogens is 493 g/mol. The molecule has 0 amide bonds. The molecule has 0 bridgehead atoms. The van der Waals surface area contributed by atoms with Crippen LogP contribution in [0.3, 0.4) is 0 Å². The molecule has 2 aliphatic rings. The molecule has 0 radical (unpaired) electrons. The molecule has 28 heavy (non-hydrogen) atoms. The summed E-state index contributed by atoms with van der Waals surface area (Å²) in [6.07, 6.45) is 2.56. The molecule has 8 heteroatoms. The number of nitrogens with zero attached hydrogens (tertiary/aromatic N) is 2. The largest absolute Gasteiger partial charge is 0.375 e. The van der Waals surface area contributed by atoms with E-state index in [1.165, 1.54) is 0 Å². The number of benzene rings is 1. The zero-order chi connectivity index (χ0) is 18.9. The average molecular weight is 524 g/mol. The number of hydrogen-bond donors (Lipinski definition) is 1. The summed E-state index contributed by atoms with van der Waals surface area (Å²) >= 11 is 6.00. The summed E-state index contributed by atoms with van der Waals surface area (Å²) in [5.74, 6) is 0.926.